The molecule has 2 rings (SSSR count). The molecular formula is C16H18ClN3O. The third-order valence-electron chi connectivity index (χ3n) is 3.47. The van der Waals surface area contributed by atoms with E-state index in [1.54, 1.807) is 0 Å². The Morgan fingerprint density at radius 1 is 1.38 bits per heavy atom. The fraction of sp³-hybridized carbons (Fsp3) is 0.312. The largest absolute Gasteiger partial charge is 0.492 e. The zero-order valence-corrected chi connectivity index (χ0v) is 13.2. The van der Waals surface area contributed by atoms with Gasteiger partial charge in [0.2, 0.25) is 0 Å². The minimum absolute atomic E-state index is 0.587. The highest BCUT2D eigenvalue weighted by molar-refractivity contribution is 6.32. The van der Waals surface area contributed by atoms with E-state index in [9.17, 15) is 0 Å². The van der Waals surface area contributed by atoms with E-state index in [0.29, 0.717) is 29.6 Å². The maximum atomic E-state index is 9.04. The van der Waals surface area contributed by atoms with E-state index < -0.39 is 0 Å². The summed E-state index contributed by atoms with van der Waals surface area (Å²) >= 11 is 6.16. The number of nitrogens with one attached hydrogen (secondary N) is 1. The standard InChI is InChI=1S/C16H18ClN3O/c1-4-21-16-6-5-13(8-15(16)17)19-10-12-7-14(9-18)20(3)11(12)2/h5-8,19H,4,10H2,1-3H3. The topological polar surface area (TPSA) is 50.0 Å². The van der Waals surface area contributed by atoms with Crippen molar-refractivity contribution in [3.05, 3.63) is 46.2 Å². The summed E-state index contributed by atoms with van der Waals surface area (Å²) in [7, 11) is 1.89. The number of rotatable bonds is 5. The molecule has 0 amide bonds. The molecule has 0 radical (unpaired) electrons. The van der Waals surface area contributed by atoms with Gasteiger partial charge in [0.1, 0.15) is 17.5 Å². The Morgan fingerprint density at radius 2 is 2.14 bits per heavy atom. The summed E-state index contributed by atoms with van der Waals surface area (Å²) in [6, 6.07) is 9.71. The van der Waals surface area contributed by atoms with Gasteiger partial charge in [0.05, 0.1) is 11.6 Å². The van der Waals surface area contributed by atoms with Crippen molar-refractivity contribution in [3.8, 4) is 11.8 Å². The van der Waals surface area contributed by atoms with Crippen LogP contribution in [0.2, 0.25) is 5.02 Å². The maximum Gasteiger partial charge on any atom is 0.138 e. The maximum absolute atomic E-state index is 9.04. The molecule has 2 aromatic rings. The van der Waals surface area contributed by atoms with Crippen LogP contribution in [-0.2, 0) is 13.6 Å². The zero-order chi connectivity index (χ0) is 15.4. The molecule has 0 saturated heterocycles. The molecule has 0 atom stereocenters. The van der Waals surface area contributed by atoms with Crippen LogP contribution in [0.5, 0.6) is 5.75 Å². The lowest BCUT2D eigenvalue weighted by Gasteiger charge is -2.10. The summed E-state index contributed by atoms with van der Waals surface area (Å²) in [5.74, 6) is 0.687. The molecule has 5 heteroatoms. The summed E-state index contributed by atoms with van der Waals surface area (Å²) in [6.07, 6.45) is 0. The number of aromatic nitrogens is 1. The second-order valence-electron chi connectivity index (χ2n) is 4.74. The van der Waals surface area contributed by atoms with E-state index in [0.717, 1.165) is 16.9 Å². The van der Waals surface area contributed by atoms with Gasteiger partial charge in [-0.25, -0.2) is 0 Å². The van der Waals surface area contributed by atoms with E-state index in [2.05, 4.69) is 11.4 Å². The number of nitrogens with zero attached hydrogens (tertiary/aromatic N) is 2. The Labute approximate surface area is 129 Å². The molecule has 1 heterocycles. The molecule has 21 heavy (non-hydrogen) atoms. The molecule has 1 aromatic carbocycles. The van der Waals surface area contributed by atoms with Crippen LogP contribution >= 0.6 is 11.6 Å². The average molecular weight is 304 g/mol. The highest BCUT2D eigenvalue weighted by Crippen LogP contribution is 2.28. The number of halogens is 1. The first kappa shape index (κ1) is 15.3. The quantitative estimate of drug-likeness (QED) is 0.912. The van der Waals surface area contributed by atoms with Gasteiger partial charge in [-0.1, -0.05) is 11.6 Å². The van der Waals surface area contributed by atoms with Crippen molar-refractivity contribution in [2.75, 3.05) is 11.9 Å². The Hall–Kier alpha value is -2.12. The van der Waals surface area contributed by atoms with Gasteiger partial charge in [-0.3, -0.25) is 0 Å². The smallest absolute Gasteiger partial charge is 0.138 e. The highest BCUT2D eigenvalue weighted by atomic mass is 35.5. The molecule has 0 aliphatic rings. The molecule has 110 valence electrons. The van der Waals surface area contributed by atoms with Crippen LogP contribution in [0.15, 0.2) is 24.3 Å². The Balaban J connectivity index is 2.10. The van der Waals surface area contributed by atoms with Crippen molar-refractivity contribution in [2.45, 2.75) is 20.4 Å². The summed E-state index contributed by atoms with van der Waals surface area (Å²) in [5, 5.41) is 12.9. The molecule has 0 fully saturated rings. The van der Waals surface area contributed by atoms with Crippen LogP contribution < -0.4 is 10.1 Å². The summed E-state index contributed by atoms with van der Waals surface area (Å²) in [4.78, 5) is 0. The number of hydrogen-bond donors (Lipinski definition) is 1. The van der Waals surface area contributed by atoms with Crippen molar-refractivity contribution in [3.63, 3.8) is 0 Å². The average Bonchev–Trinajstić information content (AvgIpc) is 2.75. The fourth-order valence-electron chi connectivity index (χ4n) is 2.13. The van der Waals surface area contributed by atoms with Gasteiger partial charge in [0.25, 0.3) is 0 Å². The van der Waals surface area contributed by atoms with Crippen LogP contribution in [0.1, 0.15) is 23.9 Å². The SMILES string of the molecule is CCOc1ccc(NCc2cc(C#N)n(C)c2C)cc1Cl. The third-order valence-corrected chi connectivity index (χ3v) is 3.76. The molecule has 0 unspecified atom stereocenters. The second kappa shape index (κ2) is 6.55. The van der Waals surface area contributed by atoms with E-state index in [4.69, 9.17) is 21.6 Å². The van der Waals surface area contributed by atoms with Crippen LogP contribution in [0.4, 0.5) is 5.69 Å². The van der Waals surface area contributed by atoms with E-state index in [1.165, 1.54) is 0 Å². The Kier molecular flexibility index (Phi) is 4.77. The number of anilines is 1. The molecule has 1 N–H and O–H groups in total. The molecule has 1 aromatic heterocycles. The normalized spacial score (nSPS) is 10.2. The summed E-state index contributed by atoms with van der Waals surface area (Å²) in [5.41, 5.74) is 3.76. The van der Waals surface area contributed by atoms with Crippen LogP contribution in [0.25, 0.3) is 0 Å². The minimum atomic E-state index is 0.587. The zero-order valence-electron chi connectivity index (χ0n) is 12.4. The lowest BCUT2D eigenvalue weighted by molar-refractivity contribution is 0.340. The second-order valence-corrected chi connectivity index (χ2v) is 5.15. The fourth-order valence-corrected chi connectivity index (χ4v) is 2.36. The van der Waals surface area contributed by atoms with Gasteiger partial charge >= 0.3 is 0 Å². The number of benzene rings is 1. The van der Waals surface area contributed by atoms with Gasteiger partial charge in [-0.05, 0) is 43.7 Å². The van der Waals surface area contributed by atoms with Gasteiger partial charge < -0.3 is 14.6 Å². The van der Waals surface area contributed by atoms with E-state index in [1.807, 2.05) is 49.7 Å². The van der Waals surface area contributed by atoms with Crippen molar-refractivity contribution >= 4 is 17.3 Å². The first-order valence-corrected chi connectivity index (χ1v) is 7.16. The lowest BCUT2D eigenvalue weighted by Crippen LogP contribution is -2.02. The molecule has 0 saturated carbocycles. The summed E-state index contributed by atoms with van der Waals surface area (Å²) < 4.78 is 7.30. The van der Waals surface area contributed by atoms with Gasteiger partial charge in [0, 0.05) is 25.0 Å². The Bertz CT molecular complexity index is 686. The predicted octanol–water partition coefficient (Wildman–Crippen LogP) is 3.87. The van der Waals surface area contributed by atoms with Crippen LogP contribution in [-0.4, -0.2) is 11.2 Å². The number of hydrogen-bond acceptors (Lipinski definition) is 3. The molecule has 0 aliphatic heterocycles. The predicted molar refractivity (Wildman–Crippen MR) is 84.8 cm³/mol. The number of nitriles is 1. The van der Waals surface area contributed by atoms with Gasteiger partial charge in [-0.15, -0.1) is 0 Å². The van der Waals surface area contributed by atoms with Crippen LogP contribution in [0, 0.1) is 18.3 Å². The van der Waals surface area contributed by atoms with Crippen molar-refractivity contribution < 1.29 is 4.74 Å². The van der Waals surface area contributed by atoms with Crippen LogP contribution in [0.3, 0.4) is 0 Å². The molecule has 0 bridgehead atoms. The van der Waals surface area contributed by atoms with E-state index >= 15 is 0 Å². The monoisotopic (exact) mass is 303 g/mol. The molecular weight excluding hydrogens is 286 g/mol. The van der Waals surface area contributed by atoms with Gasteiger partial charge in [0.15, 0.2) is 0 Å². The first-order chi connectivity index (χ1) is 10.1. The first-order valence-electron chi connectivity index (χ1n) is 6.78. The number of ether oxygens (including phenoxy) is 1. The van der Waals surface area contributed by atoms with Gasteiger partial charge in [-0.2, -0.15) is 5.26 Å². The van der Waals surface area contributed by atoms with Crippen molar-refractivity contribution in [2.24, 2.45) is 7.05 Å². The van der Waals surface area contributed by atoms with Crippen molar-refractivity contribution in [1.29, 1.82) is 5.26 Å². The third kappa shape index (κ3) is 3.32. The molecule has 0 aliphatic carbocycles. The minimum Gasteiger partial charge on any atom is -0.492 e. The van der Waals surface area contributed by atoms with Crippen molar-refractivity contribution in [1.82, 2.24) is 4.57 Å². The van der Waals surface area contributed by atoms with E-state index in [-0.39, 0.29) is 0 Å². The Morgan fingerprint density at radius 3 is 2.71 bits per heavy atom. The highest BCUT2D eigenvalue weighted by Gasteiger charge is 2.09. The molecule has 4 nitrogen and oxygen atoms in total. The summed E-state index contributed by atoms with van der Waals surface area (Å²) in [6.45, 7) is 5.16. The molecule has 0 spiro atoms. The lowest BCUT2D eigenvalue weighted by atomic mass is 10.2.